The van der Waals surface area contributed by atoms with Crippen LogP contribution in [0.2, 0.25) is 0 Å². The number of carbonyl (C=O) groups is 1. The second kappa shape index (κ2) is 7.93. The van der Waals surface area contributed by atoms with Crippen molar-refractivity contribution < 1.29 is 4.79 Å². The van der Waals surface area contributed by atoms with Crippen LogP contribution in [0.4, 0.5) is 0 Å². The molecule has 4 rings (SSSR count). The zero-order valence-corrected chi connectivity index (χ0v) is 19.3. The molecular formula is C28H30N2O. The van der Waals surface area contributed by atoms with Gasteiger partial charge in [-0.15, -0.1) is 0 Å². The molecule has 0 aromatic heterocycles. The number of benzene rings is 2. The summed E-state index contributed by atoms with van der Waals surface area (Å²) in [6.07, 6.45) is 1.24. The molecule has 0 N–H and O–H groups in total. The molecule has 0 amide bonds. The van der Waals surface area contributed by atoms with Gasteiger partial charge in [0.15, 0.2) is 5.78 Å². The van der Waals surface area contributed by atoms with Gasteiger partial charge >= 0.3 is 0 Å². The number of Topliss-reactive ketones (excluding diaryl/α,β-unsaturated/α-hetero) is 1. The highest BCUT2D eigenvalue weighted by Crippen LogP contribution is 2.48. The Labute approximate surface area is 185 Å². The molecule has 0 fully saturated rings. The Morgan fingerprint density at radius 2 is 1.65 bits per heavy atom. The lowest BCUT2D eigenvalue weighted by Gasteiger charge is -2.36. The van der Waals surface area contributed by atoms with E-state index >= 15 is 0 Å². The minimum atomic E-state index is -0.400. The van der Waals surface area contributed by atoms with Gasteiger partial charge in [0.1, 0.15) is 0 Å². The van der Waals surface area contributed by atoms with Gasteiger partial charge in [-0.25, -0.2) is 0 Å². The Balaban J connectivity index is 1.85. The van der Waals surface area contributed by atoms with E-state index in [4.69, 9.17) is 4.99 Å². The Kier molecular flexibility index (Phi) is 5.43. The first-order chi connectivity index (χ1) is 14.7. The normalized spacial score (nSPS) is 23.3. The van der Waals surface area contributed by atoms with Crippen molar-refractivity contribution in [2.45, 2.75) is 66.2 Å². The molecular weight excluding hydrogens is 380 g/mol. The number of rotatable bonds is 2. The average molecular weight is 411 g/mol. The van der Waals surface area contributed by atoms with Crippen molar-refractivity contribution in [3.05, 3.63) is 80.5 Å². The summed E-state index contributed by atoms with van der Waals surface area (Å²) in [5.41, 5.74) is 10.9. The molecule has 2 aromatic rings. The SMILES string of the molecule is CC1=NC2=C(C(=O)CC(c3c(C)cc(C)cc3C)C2)C(c2cccc(C)c2C)C1C#N. The number of nitrogens with zero attached hydrogens (tertiary/aromatic N) is 2. The summed E-state index contributed by atoms with van der Waals surface area (Å²) >= 11 is 0. The standard InChI is InChI=1S/C28H30N2O/c1-15-10-17(3)26(18(4)11-15)21-12-24-28(25(31)13-21)27(23(14-29)20(6)30-24)22-9-7-8-16(2)19(22)5/h7-11,21,23,27H,12-13H2,1-6H3. The number of aryl methyl sites for hydroxylation is 4. The molecule has 3 unspecified atom stereocenters. The van der Waals surface area contributed by atoms with Crippen LogP contribution in [0, 0.1) is 51.9 Å². The molecule has 1 heterocycles. The van der Waals surface area contributed by atoms with E-state index in [9.17, 15) is 10.1 Å². The molecule has 3 nitrogen and oxygen atoms in total. The van der Waals surface area contributed by atoms with Crippen LogP contribution in [0.25, 0.3) is 0 Å². The molecule has 3 heteroatoms. The zero-order valence-electron chi connectivity index (χ0n) is 19.3. The summed E-state index contributed by atoms with van der Waals surface area (Å²) in [5, 5.41) is 9.99. The predicted molar refractivity (Wildman–Crippen MR) is 126 cm³/mol. The highest BCUT2D eigenvalue weighted by atomic mass is 16.1. The number of hydrogen-bond donors (Lipinski definition) is 0. The third-order valence-corrected chi connectivity index (χ3v) is 7.16. The molecule has 0 bridgehead atoms. The smallest absolute Gasteiger partial charge is 0.161 e. The molecule has 1 aliphatic heterocycles. The van der Waals surface area contributed by atoms with E-state index in [1.165, 1.54) is 27.8 Å². The highest BCUT2D eigenvalue weighted by molar-refractivity contribution is 6.03. The number of carbonyl (C=O) groups excluding carboxylic acids is 1. The van der Waals surface area contributed by atoms with Gasteiger partial charge in [-0.2, -0.15) is 5.26 Å². The first kappa shape index (κ1) is 21.2. The van der Waals surface area contributed by atoms with E-state index in [2.05, 4.69) is 65.0 Å². The summed E-state index contributed by atoms with van der Waals surface area (Å²) in [7, 11) is 0. The summed E-state index contributed by atoms with van der Waals surface area (Å²) in [4.78, 5) is 18.5. The van der Waals surface area contributed by atoms with Gasteiger partial charge in [0.2, 0.25) is 0 Å². The van der Waals surface area contributed by atoms with E-state index in [1.54, 1.807) is 0 Å². The van der Waals surface area contributed by atoms with Crippen molar-refractivity contribution in [1.29, 1.82) is 5.26 Å². The quantitative estimate of drug-likeness (QED) is 0.581. The molecule has 158 valence electrons. The molecule has 31 heavy (non-hydrogen) atoms. The molecule has 3 atom stereocenters. The number of nitriles is 1. The zero-order chi connectivity index (χ0) is 22.4. The van der Waals surface area contributed by atoms with Crippen molar-refractivity contribution in [2.75, 3.05) is 0 Å². The van der Waals surface area contributed by atoms with E-state index in [0.717, 1.165) is 34.5 Å². The third kappa shape index (κ3) is 3.55. The second-order valence-electron chi connectivity index (χ2n) is 9.33. The number of aliphatic imine (C=N–C) groups is 1. The van der Waals surface area contributed by atoms with Crippen molar-refractivity contribution in [3.63, 3.8) is 0 Å². The molecule has 0 saturated heterocycles. The minimum Gasteiger partial charge on any atom is -0.294 e. The maximum Gasteiger partial charge on any atom is 0.161 e. The van der Waals surface area contributed by atoms with Crippen LogP contribution in [0.5, 0.6) is 0 Å². The summed E-state index contributed by atoms with van der Waals surface area (Å²) < 4.78 is 0. The van der Waals surface area contributed by atoms with Crippen LogP contribution in [-0.2, 0) is 4.79 Å². The summed E-state index contributed by atoms with van der Waals surface area (Å²) in [6, 6.07) is 13.1. The average Bonchev–Trinajstić information content (AvgIpc) is 2.68. The maximum atomic E-state index is 13.6. The minimum absolute atomic E-state index is 0.140. The first-order valence-corrected chi connectivity index (χ1v) is 11.1. The summed E-state index contributed by atoms with van der Waals surface area (Å²) in [6.45, 7) is 12.5. The van der Waals surface area contributed by atoms with Crippen molar-refractivity contribution in [1.82, 2.24) is 0 Å². The number of ketones is 1. The van der Waals surface area contributed by atoms with Crippen molar-refractivity contribution >= 4 is 11.5 Å². The van der Waals surface area contributed by atoms with E-state index in [1.807, 2.05) is 13.0 Å². The van der Waals surface area contributed by atoms with E-state index in [0.29, 0.717) is 6.42 Å². The molecule has 2 aliphatic rings. The van der Waals surface area contributed by atoms with Crippen LogP contribution in [0.1, 0.15) is 70.5 Å². The van der Waals surface area contributed by atoms with Gasteiger partial charge in [0.05, 0.1) is 12.0 Å². The van der Waals surface area contributed by atoms with E-state index in [-0.39, 0.29) is 17.6 Å². The second-order valence-corrected chi connectivity index (χ2v) is 9.33. The highest BCUT2D eigenvalue weighted by Gasteiger charge is 2.42. The monoisotopic (exact) mass is 410 g/mol. The van der Waals surface area contributed by atoms with Crippen LogP contribution < -0.4 is 0 Å². The Morgan fingerprint density at radius 3 is 2.29 bits per heavy atom. The van der Waals surface area contributed by atoms with Crippen LogP contribution in [0.15, 0.2) is 46.6 Å². The molecule has 0 saturated carbocycles. The fourth-order valence-corrected chi connectivity index (χ4v) is 5.71. The van der Waals surface area contributed by atoms with Crippen molar-refractivity contribution in [2.24, 2.45) is 10.9 Å². The predicted octanol–water partition coefficient (Wildman–Crippen LogP) is 6.33. The van der Waals surface area contributed by atoms with Gasteiger partial charge in [-0.3, -0.25) is 9.79 Å². The lowest BCUT2D eigenvalue weighted by atomic mass is 9.68. The molecule has 2 aromatic carbocycles. The van der Waals surface area contributed by atoms with Gasteiger partial charge in [-0.05, 0) is 87.3 Å². The molecule has 0 radical (unpaired) electrons. The Morgan fingerprint density at radius 1 is 0.968 bits per heavy atom. The van der Waals surface area contributed by atoms with Gasteiger partial charge in [0, 0.05) is 29.3 Å². The molecule has 0 spiro atoms. The Hall–Kier alpha value is -2.99. The number of hydrogen-bond acceptors (Lipinski definition) is 3. The van der Waals surface area contributed by atoms with E-state index < -0.39 is 5.92 Å². The Bertz CT molecular complexity index is 1170. The van der Waals surface area contributed by atoms with Crippen molar-refractivity contribution in [3.8, 4) is 6.07 Å². The first-order valence-electron chi connectivity index (χ1n) is 11.1. The third-order valence-electron chi connectivity index (χ3n) is 7.16. The van der Waals surface area contributed by atoms with Crippen LogP contribution >= 0.6 is 0 Å². The number of allylic oxidation sites excluding steroid dienone is 2. The van der Waals surface area contributed by atoms with Crippen LogP contribution in [0.3, 0.4) is 0 Å². The van der Waals surface area contributed by atoms with Gasteiger partial charge < -0.3 is 0 Å². The maximum absolute atomic E-state index is 13.6. The van der Waals surface area contributed by atoms with Crippen LogP contribution in [-0.4, -0.2) is 11.5 Å². The fourth-order valence-electron chi connectivity index (χ4n) is 5.71. The lowest BCUT2D eigenvalue weighted by Crippen LogP contribution is -2.33. The molecule has 1 aliphatic carbocycles. The fraction of sp³-hybridized carbons (Fsp3) is 0.393. The van der Waals surface area contributed by atoms with Gasteiger partial charge in [0.25, 0.3) is 0 Å². The largest absolute Gasteiger partial charge is 0.294 e. The van der Waals surface area contributed by atoms with Gasteiger partial charge in [-0.1, -0.05) is 35.9 Å². The lowest BCUT2D eigenvalue weighted by molar-refractivity contribution is -0.116. The topological polar surface area (TPSA) is 53.2 Å². The summed E-state index contributed by atoms with van der Waals surface area (Å²) in [5.74, 6) is -0.344.